The van der Waals surface area contributed by atoms with E-state index in [-0.39, 0.29) is 0 Å². The van der Waals surface area contributed by atoms with Crippen molar-refractivity contribution in [2.24, 2.45) is 0 Å². The summed E-state index contributed by atoms with van der Waals surface area (Å²) in [4.78, 5) is 9.05. The van der Waals surface area contributed by atoms with Crippen molar-refractivity contribution in [1.29, 1.82) is 10.5 Å². The number of anilines is 3. The third-order valence-electron chi connectivity index (χ3n) is 6.35. The largest absolute Gasteiger partial charge is 0.312 e. The van der Waals surface area contributed by atoms with Crippen LogP contribution in [0.15, 0.2) is 115 Å². The summed E-state index contributed by atoms with van der Waals surface area (Å²) in [5, 5.41) is 18.7. The fourth-order valence-corrected chi connectivity index (χ4v) is 4.37. The molecule has 0 saturated carbocycles. The monoisotopic (exact) mass is 497 g/mol. The highest BCUT2D eigenvalue weighted by atomic mass is 15.1. The summed E-state index contributed by atoms with van der Waals surface area (Å²) in [6, 6.07) is 40.4. The van der Waals surface area contributed by atoms with Crippen molar-refractivity contribution >= 4 is 28.4 Å². The number of hydrogen-bond acceptors (Lipinski definition) is 3. The van der Waals surface area contributed by atoms with E-state index in [4.69, 9.17) is 18.4 Å². The molecule has 0 N–H and O–H groups in total. The molecule has 39 heavy (non-hydrogen) atoms. The van der Waals surface area contributed by atoms with E-state index in [0.717, 1.165) is 33.6 Å². The van der Waals surface area contributed by atoms with Crippen LogP contribution in [-0.2, 0) is 0 Å². The molecule has 0 radical (unpaired) electrons. The average molecular weight is 498 g/mol. The zero-order valence-electron chi connectivity index (χ0n) is 20.7. The second-order valence-corrected chi connectivity index (χ2v) is 8.74. The van der Waals surface area contributed by atoms with Gasteiger partial charge in [0.1, 0.15) is 0 Å². The zero-order chi connectivity index (χ0) is 27.2. The summed E-state index contributed by atoms with van der Waals surface area (Å²) in [5.41, 5.74) is 8.49. The number of hydrogen-bond donors (Lipinski definition) is 0. The van der Waals surface area contributed by atoms with Crippen molar-refractivity contribution in [3.8, 4) is 34.4 Å². The van der Waals surface area contributed by atoms with Crippen LogP contribution in [0.3, 0.4) is 0 Å². The first kappa shape index (κ1) is 24.5. The topological polar surface area (TPSA) is 59.5 Å². The Morgan fingerprint density at radius 3 is 1.33 bits per heavy atom. The zero-order valence-corrected chi connectivity index (χ0v) is 20.7. The lowest BCUT2D eigenvalue weighted by molar-refractivity contribution is 1.28. The number of nitrogens with zero attached hydrogens (tertiary/aromatic N) is 5. The molecule has 0 spiro atoms. The summed E-state index contributed by atoms with van der Waals surface area (Å²) in [6.07, 6.45) is 0. The Hall–Kier alpha value is -6.14. The van der Waals surface area contributed by atoms with Crippen LogP contribution in [0.4, 0.5) is 28.4 Å². The Balaban J connectivity index is 1.57. The SMILES string of the molecule is [C-]#[N+]c1ccc(-c2ccc(N(c3ccc(-c4ccc(C#N)cc4)cc3)c3cc(C#N)cc([N+]#[C-])c3)cc2)cc1. The fourth-order valence-electron chi connectivity index (χ4n) is 4.37. The summed E-state index contributed by atoms with van der Waals surface area (Å²) in [6.45, 7) is 14.7. The molecule has 0 aliphatic rings. The van der Waals surface area contributed by atoms with Gasteiger partial charge in [0.15, 0.2) is 11.4 Å². The smallest absolute Gasteiger partial charge is 0.190 e. The molecule has 5 aromatic rings. The quantitative estimate of drug-likeness (QED) is 0.227. The molecule has 180 valence electrons. The van der Waals surface area contributed by atoms with Gasteiger partial charge in [-0.3, -0.25) is 0 Å². The van der Waals surface area contributed by atoms with E-state index in [1.807, 2.05) is 77.7 Å². The van der Waals surface area contributed by atoms with E-state index in [9.17, 15) is 5.26 Å². The van der Waals surface area contributed by atoms with Crippen molar-refractivity contribution in [3.63, 3.8) is 0 Å². The maximum absolute atomic E-state index is 9.59. The molecule has 5 nitrogen and oxygen atoms in total. The molecule has 0 saturated heterocycles. The third kappa shape index (κ3) is 5.21. The molecule has 5 rings (SSSR count). The van der Waals surface area contributed by atoms with Crippen LogP contribution in [0, 0.1) is 35.8 Å². The van der Waals surface area contributed by atoms with Crippen molar-refractivity contribution in [1.82, 2.24) is 0 Å². The minimum Gasteiger partial charge on any atom is -0.312 e. The van der Waals surface area contributed by atoms with Gasteiger partial charge in [0, 0.05) is 22.6 Å². The Kier molecular flexibility index (Phi) is 6.84. The van der Waals surface area contributed by atoms with Gasteiger partial charge in [-0.05, 0) is 76.9 Å². The van der Waals surface area contributed by atoms with Gasteiger partial charge in [-0.15, -0.1) is 0 Å². The molecule has 0 bridgehead atoms. The molecule has 5 aromatic carbocycles. The van der Waals surface area contributed by atoms with Gasteiger partial charge < -0.3 is 4.90 Å². The first-order valence-corrected chi connectivity index (χ1v) is 12.0. The van der Waals surface area contributed by atoms with Gasteiger partial charge in [0.2, 0.25) is 0 Å². The molecule has 0 aromatic heterocycles. The molecular formula is C34H19N5. The van der Waals surface area contributed by atoms with E-state index < -0.39 is 0 Å². The van der Waals surface area contributed by atoms with Crippen molar-refractivity contribution in [2.75, 3.05) is 4.90 Å². The minimum atomic E-state index is 0.389. The Bertz CT molecular complexity index is 1670. The lowest BCUT2D eigenvalue weighted by atomic mass is 10.0. The second kappa shape index (κ2) is 10.9. The lowest BCUT2D eigenvalue weighted by Crippen LogP contribution is -2.10. The van der Waals surface area contributed by atoms with Crippen LogP contribution < -0.4 is 4.90 Å². The highest BCUT2D eigenvalue weighted by molar-refractivity contribution is 5.82. The Morgan fingerprint density at radius 1 is 0.462 bits per heavy atom. The molecule has 0 fully saturated rings. The summed E-state index contributed by atoms with van der Waals surface area (Å²) in [5.74, 6) is 0. The maximum Gasteiger partial charge on any atom is 0.190 e. The van der Waals surface area contributed by atoms with Crippen molar-refractivity contribution < 1.29 is 0 Å². The van der Waals surface area contributed by atoms with Crippen LogP contribution in [0.5, 0.6) is 0 Å². The van der Waals surface area contributed by atoms with Gasteiger partial charge >= 0.3 is 0 Å². The normalized spacial score (nSPS) is 9.95. The second-order valence-electron chi connectivity index (χ2n) is 8.74. The van der Waals surface area contributed by atoms with Crippen molar-refractivity contribution in [2.45, 2.75) is 0 Å². The molecular weight excluding hydrogens is 478 g/mol. The highest BCUT2D eigenvalue weighted by Gasteiger charge is 2.15. The standard InChI is InChI=1S/C34H19N5/c1-37-30-13-7-27(8-14-30)29-11-17-33(18-12-29)39(34-20-25(23-36)19-31(21-34)38-2)32-15-9-28(10-16-32)26-5-3-24(22-35)4-6-26/h3-21H. The maximum atomic E-state index is 9.59. The fraction of sp³-hybridized carbons (Fsp3) is 0. The van der Waals surface area contributed by atoms with Gasteiger partial charge in [-0.2, -0.15) is 10.5 Å². The van der Waals surface area contributed by atoms with Crippen LogP contribution in [-0.4, -0.2) is 0 Å². The Morgan fingerprint density at radius 2 is 0.897 bits per heavy atom. The van der Waals surface area contributed by atoms with E-state index >= 15 is 0 Å². The molecule has 0 unspecified atom stereocenters. The summed E-state index contributed by atoms with van der Waals surface area (Å²) >= 11 is 0. The van der Waals surface area contributed by atoms with E-state index in [2.05, 4.69) is 21.8 Å². The van der Waals surface area contributed by atoms with Gasteiger partial charge in [0.25, 0.3) is 0 Å². The average Bonchev–Trinajstić information content (AvgIpc) is 3.02. The van der Waals surface area contributed by atoms with E-state index in [1.54, 1.807) is 42.5 Å². The predicted molar refractivity (Wildman–Crippen MR) is 154 cm³/mol. The van der Waals surface area contributed by atoms with E-state index in [0.29, 0.717) is 28.2 Å². The minimum absolute atomic E-state index is 0.389. The molecule has 5 heteroatoms. The van der Waals surface area contributed by atoms with Crippen LogP contribution in [0.1, 0.15) is 11.1 Å². The lowest BCUT2D eigenvalue weighted by Gasteiger charge is -2.26. The first-order chi connectivity index (χ1) is 19.1. The third-order valence-corrected chi connectivity index (χ3v) is 6.35. The number of benzene rings is 5. The summed E-state index contributed by atoms with van der Waals surface area (Å²) in [7, 11) is 0. The van der Waals surface area contributed by atoms with Gasteiger partial charge in [-0.25, -0.2) is 9.69 Å². The molecule has 0 heterocycles. The highest BCUT2D eigenvalue weighted by Crippen LogP contribution is 2.38. The summed E-state index contributed by atoms with van der Waals surface area (Å²) < 4.78 is 0. The molecule has 0 atom stereocenters. The first-order valence-electron chi connectivity index (χ1n) is 12.0. The van der Waals surface area contributed by atoms with Crippen LogP contribution in [0.25, 0.3) is 31.9 Å². The van der Waals surface area contributed by atoms with Crippen LogP contribution >= 0.6 is 0 Å². The van der Waals surface area contributed by atoms with Gasteiger partial charge in [0.05, 0.1) is 30.8 Å². The van der Waals surface area contributed by atoms with Gasteiger partial charge in [-0.1, -0.05) is 60.7 Å². The Labute approximate surface area is 227 Å². The number of rotatable bonds is 5. The number of nitriles is 2. The van der Waals surface area contributed by atoms with Crippen LogP contribution in [0.2, 0.25) is 0 Å². The predicted octanol–water partition coefficient (Wildman–Crippen LogP) is 9.34. The molecule has 0 amide bonds. The molecule has 0 aliphatic heterocycles. The molecule has 0 aliphatic carbocycles. The van der Waals surface area contributed by atoms with E-state index in [1.165, 1.54) is 0 Å². The van der Waals surface area contributed by atoms with Crippen molar-refractivity contribution in [3.05, 3.63) is 149 Å².